The Morgan fingerprint density at radius 3 is 2.58 bits per heavy atom. The van der Waals surface area contributed by atoms with Crippen molar-refractivity contribution in [3.8, 4) is 0 Å². The van der Waals surface area contributed by atoms with Crippen LogP contribution in [0.25, 0.3) is 0 Å². The molecular formula is C15H29N3O. The van der Waals surface area contributed by atoms with Gasteiger partial charge in [-0.05, 0) is 39.3 Å². The minimum absolute atomic E-state index is 0.100. The molecule has 2 fully saturated rings. The van der Waals surface area contributed by atoms with Crippen LogP contribution in [0.1, 0.15) is 44.9 Å². The summed E-state index contributed by atoms with van der Waals surface area (Å²) in [4.78, 5) is 17.0. The summed E-state index contributed by atoms with van der Waals surface area (Å²) in [6, 6.07) is 0.745. The monoisotopic (exact) mass is 267 g/mol. The van der Waals surface area contributed by atoms with Crippen molar-refractivity contribution in [1.82, 2.24) is 15.1 Å². The maximum atomic E-state index is 12.6. The number of hydrogen-bond donors (Lipinski definition) is 1. The van der Waals surface area contributed by atoms with Crippen LogP contribution < -0.4 is 5.32 Å². The average molecular weight is 267 g/mol. The van der Waals surface area contributed by atoms with Crippen molar-refractivity contribution in [2.75, 3.05) is 33.7 Å². The Labute approximate surface area is 117 Å². The number of rotatable bonds is 4. The van der Waals surface area contributed by atoms with Gasteiger partial charge in [-0.15, -0.1) is 0 Å². The minimum atomic E-state index is 0.100. The highest BCUT2D eigenvalue weighted by molar-refractivity contribution is 5.82. The third kappa shape index (κ3) is 3.69. The van der Waals surface area contributed by atoms with Gasteiger partial charge in [0.05, 0.1) is 6.04 Å². The Bertz CT molecular complexity index is 289. The second kappa shape index (κ2) is 7.25. The molecule has 0 spiro atoms. The zero-order valence-electron chi connectivity index (χ0n) is 12.5. The van der Waals surface area contributed by atoms with Crippen LogP contribution in [0.15, 0.2) is 0 Å². The molecule has 0 aromatic heterocycles. The van der Waals surface area contributed by atoms with E-state index in [1.165, 1.54) is 32.1 Å². The van der Waals surface area contributed by atoms with Crippen molar-refractivity contribution in [2.45, 2.75) is 57.0 Å². The van der Waals surface area contributed by atoms with Gasteiger partial charge >= 0.3 is 0 Å². The molecule has 1 aliphatic carbocycles. The van der Waals surface area contributed by atoms with Gasteiger partial charge in [0.1, 0.15) is 0 Å². The molecule has 0 aromatic carbocycles. The summed E-state index contributed by atoms with van der Waals surface area (Å²) in [6.07, 6.45) is 8.68. The van der Waals surface area contributed by atoms with Crippen molar-refractivity contribution >= 4 is 5.91 Å². The summed E-state index contributed by atoms with van der Waals surface area (Å²) in [7, 11) is 3.93. The molecule has 1 saturated heterocycles. The fraction of sp³-hybridized carbons (Fsp3) is 0.933. The molecular weight excluding hydrogens is 238 g/mol. The van der Waals surface area contributed by atoms with Gasteiger partial charge in [-0.2, -0.15) is 0 Å². The van der Waals surface area contributed by atoms with E-state index in [4.69, 9.17) is 0 Å². The van der Waals surface area contributed by atoms with E-state index < -0.39 is 0 Å². The van der Waals surface area contributed by atoms with Gasteiger partial charge in [0.2, 0.25) is 5.91 Å². The average Bonchev–Trinajstić information content (AvgIpc) is 2.58. The molecule has 2 rings (SSSR count). The first kappa shape index (κ1) is 14.8. The topological polar surface area (TPSA) is 35.6 Å². The summed E-state index contributed by atoms with van der Waals surface area (Å²) >= 11 is 0. The molecule has 4 nitrogen and oxygen atoms in total. The van der Waals surface area contributed by atoms with Gasteiger partial charge < -0.3 is 10.2 Å². The molecule has 1 atom stereocenters. The van der Waals surface area contributed by atoms with Crippen molar-refractivity contribution < 1.29 is 4.79 Å². The number of carbonyl (C=O) groups is 1. The largest absolute Gasteiger partial charge is 0.344 e. The lowest BCUT2D eigenvalue weighted by Gasteiger charge is -2.38. The van der Waals surface area contributed by atoms with E-state index in [9.17, 15) is 4.79 Å². The Morgan fingerprint density at radius 2 is 1.89 bits per heavy atom. The zero-order valence-corrected chi connectivity index (χ0v) is 12.5. The van der Waals surface area contributed by atoms with E-state index in [0.29, 0.717) is 11.9 Å². The van der Waals surface area contributed by atoms with Gasteiger partial charge in [-0.1, -0.05) is 19.3 Å². The van der Waals surface area contributed by atoms with Crippen LogP contribution >= 0.6 is 0 Å². The van der Waals surface area contributed by atoms with Crippen LogP contribution in [0.3, 0.4) is 0 Å². The lowest BCUT2D eigenvalue weighted by Crippen LogP contribution is -2.50. The molecule has 1 N–H and O–H groups in total. The van der Waals surface area contributed by atoms with Gasteiger partial charge in [0.15, 0.2) is 0 Å². The van der Waals surface area contributed by atoms with E-state index in [1.807, 2.05) is 19.0 Å². The Kier molecular flexibility index (Phi) is 5.64. The highest BCUT2D eigenvalue weighted by atomic mass is 16.2. The predicted molar refractivity (Wildman–Crippen MR) is 78.2 cm³/mol. The molecule has 1 aliphatic heterocycles. The number of carbonyl (C=O) groups excluding carboxylic acids is 1. The van der Waals surface area contributed by atoms with Crippen molar-refractivity contribution in [3.63, 3.8) is 0 Å². The standard InChI is InChI=1S/C15H29N3O/c1-16-10-9-14-15(19)17(2)11-6-12-18(14)13-7-4-3-5-8-13/h13-14,16H,3-12H2,1-2H3. The fourth-order valence-corrected chi connectivity index (χ4v) is 3.57. The maximum Gasteiger partial charge on any atom is 0.239 e. The van der Waals surface area contributed by atoms with Crippen molar-refractivity contribution in [3.05, 3.63) is 0 Å². The normalized spacial score (nSPS) is 27.6. The number of nitrogens with zero attached hydrogens (tertiary/aromatic N) is 2. The van der Waals surface area contributed by atoms with Crippen molar-refractivity contribution in [1.29, 1.82) is 0 Å². The van der Waals surface area contributed by atoms with Crippen LogP contribution in [0.4, 0.5) is 0 Å². The second-order valence-corrected chi connectivity index (χ2v) is 6.05. The Balaban J connectivity index is 2.08. The lowest BCUT2D eigenvalue weighted by atomic mass is 9.92. The lowest BCUT2D eigenvalue weighted by molar-refractivity contribution is -0.135. The Hall–Kier alpha value is -0.610. The van der Waals surface area contributed by atoms with Gasteiger partial charge in [-0.3, -0.25) is 9.69 Å². The molecule has 0 radical (unpaired) electrons. The molecule has 19 heavy (non-hydrogen) atoms. The van der Waals surface area contributed by atoms with E-state index >= 15 is 0 Å². The van der Waals surface area contributed by atoms with Crippen LogP contribution in [-0.2, 0) is 4.79 Å². The van der Waals surface area contributed by atoms with E-state index in [2.05, 4.69) is 10.2 Å². The molecule has 0 bridgehead atoms. The molecule has 0 aromatic rings. The number of amides is 1. The number of hydrogen-bond acceptors (Lipinski definition) is 3. The number of nitrogens with one attached hydrogen (secondary N) is 1. The molecule has 1 amide bonds. The third-order valence-corrected chi connectivity index (χ3v) is 4.68. The highest BCUT2D eigenvalue weighted by Gasteiger charge is 2.34. The van der Waals surface area contributed by atoms with Crippen LogP contribution in [0, 0.1) is 0 Å². The smallest absolute Gasteiger partial charge is 0.239 e. The molecule has 110 valence electrons. The second-order valence-electron chi connectivity index (χ2n) is 6.05. The first-order chi connectivity index (χ1) is 9.24. The Morgan fingerprint density at radius 1 is 1.16 bits per heavy atom. The first-order valence-electron chi connectivity index (χ1n) is 7.89. The minimum Gasteiger partial charge on any atom is -0.344 e. The summed E-state index contributed by atoms with van der Waals surface area (Å²) in [5.41, 5.74) is 0. The first-order valence-corrected chi connectivity index (χ1v) is 7.89. The van der Waals surface area contributed by atoms with Crippen LogP contribution in [-0.4, -0.2) is 61.5 Å². The third-order valence-electron chi connectivity index (χ3n) is 4.68. The van der Waals surface area contributed by atoms with Gasteiger partial charge in [0.25, 0.3) is 0 Å². The molecule has 1 saturated carbocycles. The maximum absolute atomic E-state index is 12.6. The van der Waals surface area contributed by atoms with Crippen LogP contribution in [0.2, 0.25) is 0 Å². The quantitative estimate of drug-likeness (QED) is 0.837. The van der Waals surface area contributed by atoms with E-state index in [0.717, 1.165) is 32.5 Å². The van der Waals surface area contributed by atoms with E-state index in [1.54, 1.807) is 0 Å². The summed E-state index contributed by atoms with van der Waals surface area (Å²) in [6.45, 7) is 2.93. The van der Waals surface area contributed by atoms with Gasteiger partial charge in [-0.25, -0.2) is 0 Å². The molecule has 1 heterocycles. The van der Waals surface area contributed by atoms with Crippen LogP contribution in [0.5, 0.6) is 0 Å². The van der Waals surface area contributed by atoms with Gasteiger partial charge in [0, 0.05) is 26.2 Å². The summed E-state index contributed by atoms with van der Waals surface area (Å²) in [5, 5.41) is 3.20. The SMILES string of the molecule is CNCCC1C(=O)N(C)CCCN1C1CCCCC1. The predicted octanol–water partition coefficient (Wildman–Crippen LogP) is 1.46. The summed E-state index contributed by atoms with van der Waals surface area (Å²) in [5.74, 6) is 0.332. The summed E-state index contributed by atoms with van der Waals surface area (Å²) < 4.78 is 0. The molecule has 4 heteroatoms. The highest BCUT2D eigenvalue weighted by Crippen LogP contribution is 2.27. The zero-order chi connectivity index (χ0) is 13.7. The van der Waals surface area contributed by atoms with E-state index in [-0.39, 0.29) is 6.04 Å². The molecule has 1 unspecified atom stereocenters. The number of likely N-dealkylation sites (N-methyl/N-ethyl adjacent to an activating group) is 1. The van der Waals surface area contributed by atoms with Crippen molar-refractivity contribution in [2.24, 2.45) is 0 Å². The fourth-order valence-electron chi connectivity index (χ4n) is 3.57. The molecule has 2 aliphatic rings.